The average molecular weight is 375 g/mol. The summed E-state index contributed by atoms with van der Waals surface area (Å²) in [6.07, 6.45) is 2.22. The number of carbonyl (C=O) groups excluding carboxylic acids is 1. The third-order valence-electron chi connectivity index (χ3n) is 4.35. The highest BCUT2D eigenvalue weighted by molar-refractivity contribution is 6.35. The van der Waals surface area contributed by atoms with E-state index in [0.29, 0.717) is 27.2 Å². The smallest absolute Gasteiger partial charge is 0.256 e. The highest BCUT2D eigenvalue weighted by Gasteiger charge is 2.28. The van der Waals surface area contributed by atoms with E-state index in [0.717, 1.165) is 35.3 Å². The van der Waals surface area contributed by atoms with Gasteiger partial charge in [-0.25, -0.2) is 4.98 Å². The fourth-order valence-corrected chi connectivity index (χ4v) is 3.58. The second-order valence-corrected chi connectivity index (χ2v) is 7.26. The zero-order chi connectivity index (χ0) is 17.7. The molecule has 0 spiro atoms. The number of rotatable bonds is 3. The summed E-state index contributed by atoms with van der Waals surface area (Å²) in [6.45, 7) is 1.88. The Morgan fingerprint density at radius 2 is 1.88 bits per heavy atom. The summed E-state index contributed by atoms with van der Waals surface area (Å²) in [5.41, 5.74) is 3.60. The third-order valence-corrected chi connectivity index (χ3v) is 4.79. The number of aryl methyl sites for hydroxylation is 2. The number of nitrogens with zero attached hydrogens (tertiary/aromatic N) is 3. The van der Waals surface area contributed by atoms with Crippen molar-refractivity contribution in [3.05, 3.63) is 51.3 Å². The average Bonchev–Trinajstić information content (AvgIpc) is 3.33. The number of aromatic nitrogens is 3. The molecule has 0 aliphatic heterocycles. The molecule has 1 fully saturated rings. The van der Waals surface area contributed by atoms with Gasteiger partial charge >= 0.3 is 0 Å². The Morgan fingerprint density at radius 3 is 2.52 bits per heavy atom. The van der Waals surface area contributed by atoms with E-state index in [1.54, 1.807) is 22.9 Å². The summed E-state index contributed by atoms with van der Waals surface area (Å²) in [6, 6.07) is 6.85. The molecule has 1 aliphatic carbocycles. The van der Waals surface area contributed by atoms with Crippen LogP contribution in [0, 0.1) is 6.92 Å². The van der Waals surface area contributed by atoms with E-state index in [4.69, 9.17) is 28.2 Å². The number of carbonyl (C=O) groups is 1. The highest BCUT2D eigenvalue weighted by atomic mass is 35.5. The molecule has 4 rings (SSSR count). The van der Waals surface area contributed by atoms with Crippen LogP contribution in [-0.4, -0.2) is 20.7 Å². The zero-order valence-corrected chi connectivity index (χ0v) is 15.3. The Bertz CT molecular complexity index is 988. The van der Waals surface area contributed by atoms with Crippen molar-refractivity contribution >= 4 is 45.8 Å². The molecule has 5 nitrogen and oxygen atoms in total. The molecule has 0 atom stereocenters. The van der Waals surface area contributed by atoms with Crippen molar-refractivity contribution in [1.82, 2.24) is 14.8 Å². The molecule has 2 heterocycles. The summed E-state index contributed by atoms with van der Waals surface area (Å²) >= 11 is 12.0. The lowest BCUT2D eigenvalue weighted by atomic mass is 10.1. The Morgan fingerprint density at radius 1 is 1.20 bits per heavy atom. The molecule has 1 amide bonds. The van der Waals surface area contributed by atoms with Crippen molar-refractivity contribution in [2.75, 3.05) is 5.32 Å². The molecular weight excluding hydrogens is 359 g/mol. The van der Waals surface area contributed by atoms with Crippen LogP contribution in [0.15, 0.2) is 24.3 Å². The van der Waals surface area contributed by atoms with Gasteiger partial charge in [0.2, 0.25) is 0 Å². The van der Waals surface area contributed by atoms with Crippen LogP contribution in [0.3, 0.4) is 0 Å². The first-order valence-corrected chi connectivity index (χ1v) is 8.79. The lowest BCUT2D eigenvalue weighted by Crippen LogP contribution is -2.13. The quantitative estimate of drug-likeness (QED) is 0.721. The van der Waals surface area contributed by atoms with Gasteiger partial charge in [0.15, 0.2) is 5.65 Å². The van der Waals surface area contributed by atoms with E-state index in [1.165, 1.54) is 0 Å². The lowest BCUT2D eigenvalue weighted by Gasteiger charge is -2.09. The number of pyridine rings is 1. The van der Waals surface area contributed by atoms with E-state index in [-0.39, 0.29) is 5.91 Å². The predicted molar refractivity (Wildman–Crippen MR) is 99.6 cm³/mol. The minimum atomic E-state index is -0.219. The molecule has 0 saturated heterocycles. The summed E-state index contributed by atoms with van der Waals surface area (Å²) in [5.74, 6) is 0.218. The second kappa shape index (κ2) is 6.00. The first kappa shape index (κ1) is 16.4. The number of nitrogens with one attached hydrogen (secondary N) is 1. The maximum absolute atomic E-state index is 12.9. The molecule has 7 heteroatoms. The largest absolute Gasteiger partial charge is 0.322 e. The zero-order valence-electron chi connectivity index (χ0n) is 13.8. The maximum atomic E-state index is 12.9. The van der Waals surface area contributed by atoms with Crippen LogP contribution in [0.2, 0.25) is 10.0 Å². The van der Waals surface area contributed by atoms with Gasteiger partial charge < -0.3 is 5.32 Å². The topological polar surface area (TPSA) is 59.8 Å². The predicted octanol–water partition coefficient (Wildman–Crippen LogP) is 4.71. The first-order chi connectivity index (χ1) is 11.9. The monoisotopic (exact) mass is 374 g/mol. The van der Waals surface area contributed by atoms with Gasteiger partial charge in [-0.15, -0.1) is 0 Å². The Hall–Kier alpha value is -2.11. The van der Waals surface area contributed by atoms with E-state index >= 15 is 0 Å². The fourth-order valence-electron chi connectivity index (χ4n) is 3.06. The van der Waals surface area contributed by atoms with Crippen molar-refractivity contribution in [3.8, 4) is 0 Å². The van der Waals surface area contributed by atoms with Crippen molar-refractivity contribution in [2.45, 2.75) is 25.7 Å². The van der Waals surface area contributed by atoms with Crippen LogP contribution in [0.5, 0.6) is 0 Å². The number of fused-ring (bicyclic) bond motifs is 1. The maximum Gasteiger partial charge on any atom is 0.256 e. The molecular formula is C18H16Cl2N4O. The lowest BCUT2D eigenvalue weighted by molar-refractivity contribution is 0.102. The molecule has 0 radical (unpaired) electrons. The molecule has 3 aromatic rings. The summed E-state index contributed by atoms with van der Waals surface area (Å²) < 4.78 is 1.73. The van der Waals surface area contributed by atoms with Gasteiger partial charge in [0.05, 0.1) is 16.6 Å². The summed E-state index contributed by atoms with van der Waals surface area (Å²) in [7, 11) is 1.84. The Kier molecular flexibility index (Phi) is 3.93. The van der Waals surface area contributed by atoms with E-state index < -0.39 is 0 Å². The van der Waals surface area contributed by atoms with Gasteiger partial charge in [0.1, 0.15) is 0 Å². The van der Waals surface area contributed by atoms with Crippen LogP contribution >= 0.6 is 23.2 Å². The van der Waals surface area contributed by atoms with Gasteiger partial charge in [0, 0.05) is 34.4 Å². The first-order valence-electron chi connectivity index (χ1n) is 8.04. The number of hydrogen-bond acceptors (Lipinski definition) is 3. The van der Waals surface area contributed by atoms with Crippen LogP contribution in [-0.2, 0) is 7.05 Å². The Labute approximate surface area is 154 Å². The molecule has 0 unspecified atom stereocenters. The van der Waals surface area contributed by atoms with Crippen LogP contribution in [0.4, 0.5) is 5.69 Å². The number of anilines is 1. The van der Waals surface area contributed by atoms with E-state index in [2.05, 4.69) is 10.4 Å². The number of hydrogen-bond donors (Lipinski definition) is 1. The van der Waals surface area contributed by atoms with Crippen LogP contribution < -0.4 is 5.32 Å². The Balaban J connectivity index is 1.80. The van der Waals surface area contributed by atoms with E-state index in [1.807, 2.05) is 20.0 Å². The third kappa shape index (κ3) is 3.10. The van der Waals surface area contributed by atoms with Gasteiger partial charge in [-0.1, -0.05) is 23.2 Å². The van der Waals surface area contributed by atoms with Gasteiger partial charge in [-0.05, 0) is 44.0 Å². The highest BCUT2D eigenvalue weighted by Crippen LogP contribution is 2.40. The standard InChI is InChI=1S/C18H16Cl2N4O/c1-9-16-14(18(25)21-13-6-11(19)5-12(20)7-13)8-15(10-3-4-10)22-17(16)24(2)23-9/h5-8,10H,3-4H2,1-2H3,(H,21,25). The molecule has 0 bridgehead atoms. The van der Waals surface area contributed by atoms with Crippen molar-refractivity contribution in [1.29, 1.82) is 0 Å². The van der Waals surface area contributed by atoms with Crippen molar-refractivity contribution in [3.63, 3.8) is 0 Å². The van der Waals surface area contributed by atoms with Gasteiger partial charge in [-0.2, -0.15) is 5.10 Å². The molecule has 1 N–H and O–H groups in total. The van der Waals surface area contributed by atoms with Crippen LogP contribution in [0.25, 0.3) is 11.0 Å². The molecule has 1 aromatic carbocycles. The minimum Gasteiger partial charge on any atom is -0.322 e. The SMILES string of the molecule is Cc1nn(C)c2nc(C3CC3)cc(C(=O)Nc3cc(Cl)cc(Cl)c3)c12. The fraction of sp³-hybridized carbons (Fsp3) is 0.278. The van der Waals surface area contributed by atoms with E-state index in [9.17, 15) is 4.79 Å². The summed E-state index contributed by atoms with van der Waals surface area (Å²) in [5, 5.41) is 9.02. The molecule has 1 aliphatic rings. The van der Waals surface area contributed by atoms with Crippen molar-refractivity contribution < 1.29 is 4.79 Å². The molecule has 1 saturated carbocycles. The number of amides is 1. The van der Waals surface area contributed by atoms with Gasteiger partial charge in [-0.3, -0.25) is 9.48 Å². The normalized spacial score (nSPS) is 14.1. The molecule has 2 aromatic heterocycles. The second-order valence-electron chi connectivity index (χ2n) is 6.39. The minimum absolute atomic E-state index is 0.219. The van der Waals surface area contributed by atoms with Gasteiger partial charge in [0.25, 0.3) is 5.91 Å². The number of halogens is 2. The van der Waals surface area contributed by atoms with Crippen LogP contribution in [0.1, 0.15) is 40.5 Å². The van der Waals surface area contributed by atoms with Crippen molar-refractivity contribution in [2.24, 2.45) is 7.05 Å². The summed E-state index contributed by atoms with van der Waals surface area (Å²) in [4.78, 5) is 17.7. The number of benzene rings is 1. The molecule has 128 valence electrons. The molecule has 25 heavy (non-hydrogen) atoms.